The molecular formula is C24H21Cl2N3O. The molecule has 1 aromatic heterocycles. The van der Waals surface area contributed by atoms with Crippen molar-refractivity contribution in [2.45, 2.75) is 27.7 Å². The van der Waals surface area contributed by atoms with E-state index in [1.807, 2.05) is 32.0 Å². The van der Waals surface area contributed by atoms with Crippen molar-refractivity contribution in [3.8, 4) is 11.8 Å². The van der Waals surface area contributed by atoms with Crippen molar-refractivity contribution in [2.24, 2.45) is 0 Å². The van der Waals surface area contributed by atoms with Gasteiger partial charge in [0.2, 0.25) is 0 Å². The van der Waals surface area contributed by atoms with Crippen LogP contribution in [0.4, 0.5) is 5.69 Å². The van der Waals surface area contributed by atoms with Gasteiger partial charge in [-0.3, -0.25) is 4.79 Å². The van der Waals surface area contributed by atoms with Gasteiger partial charge in [0.15, 0.2) is 0 Å². The van der Waals surface area contributed by atoms with Crippen LogP contribution in [0.15, 0.2) is 48.0 Å². The van der Waals surface area contributed by atoms with Crippen LogP contribution in [0.5, 0.6) is 0 Å². The number of aromatic nitrogens is 1. The Labute approximate surface area is 186 Å². The maximum Gasteiger partial charge on any atom is 0.266 e. The summed E-state index contributed by atoms with van der Waals surface area (Å²) in [6.07, 6.45) is 1.60. The number of rotatable bonds is 4. The molecule has 3 rings (SSSR count). The Balaban J connectivity index is 2.00. The number of benzene rings is 2. The highest BCUT2D eigenvalue weighted by Crippen LogP contribution is 2.30. The molecule has 0 bridgehead atoms. The molecule has 0 spiro atoms. The zero-order valence-corrected chi connectivity index (χ0v) is 18.7. The van der Waals surface area contributed by atoms with Gasteiger partial charge in [-0.1, -0.05) is 47.5 Å². The standard InChI is InChI=1S/C24H21Cl2N3O/c1-14-7-5-8-15(2)23(14)29-16(3)11-18(17(29)4)12-19(13-27)24(30)28-21-10-6-9-20(25)22(21)26/h5-12H,1-4H3,(H,28,30)/b19-12-. The fraction of sp³-hybridized carbons (Fsp3) is 0.167. The molecule has 30 heavy (non-hydrogen) atoms. The lowest BCUT2D eigenvalue weighted by Crippen LogP contribution is -2.13. The van der Waals surface area contributed by atoms with Gasteiger partial charge in [0.25, 0.3) is 5.91 Å². The number of carbonyl (C=O) groups is 1. The van der Waals surface area contributed by atoms with Gasteiger partial charge in [0.05, 0.1) is 21.4 Å². The largest absolute Gasteiger partial charge is 0.320 e. The topological polar surface area (TPSA) is 57.8 Å². The highest BCUT2D eigenvalue weighted by atomic mass is 35.5. The number of nitriles is 1. The third-order valence-corrected chi connectivity index (χ3v) is 5.82. The van der Waals surface area contributed by atoms with E-state index in [2.05, 4.69) is 35.9 Å². The first-order chi connectivity index (χ1) is 14.2. The zero-order valence-electron chi connectivity index (χ0n) is 17.2. The maximum atomic E-state index is 12.7. The Hall–Kier alpha value is -3.00. The number of carbonyl (C=O) groups excluding carboxylic acids is 1. The minimum absolute atomic E-state index is 0.0206. The number of amides is 1. The lowest BCUT2D eigenvalue weighted by Gasteiger charge is -2.15. The van der Waals surface area contributed by atoms with E-state index in [4.69, 9.17) is 23.2 Å². The summed E-state index contributed by atoms with van der Waals surface area (Å²) in [7, 11) is 0. The Bertz CT molecular complexity index is 1200. The second kappa shape index (κ2) is 8.79. The van der Waals surface area contributed by atoms with Gasteiger partial charge in [-0.25, -0.2) is 0 Å². The predicted octanol–water partition coefficient (Wildman–Crippen LogP) is 6.56. The number of halogens is 2. The minimum Gasteiger partial charge on any atom is -0.320 e. The average Bonchev–Trinajstić information content (AvgIpc) is 2.97. The van der Waals surface area contributed by atoms with E-state index in [0.717, 1.165) is 33.8 Å². The number of anilines is 1. The number of nitrogens with zero attached hydrogens (tertiary/aromatic N) is 2. The van der Waals surface area contributed by atoms with E-state index in [0.29, 0.717) is 10.7 Å². The minimum atomic E-state index is -0.543. The van der Waals surface area contributed by atoms with Crippen LogP contribution in [0, 0.1) is 39.0 Å². The van der Waals surface area contributed by atoms with Crippen molar-refractivity contribution in [3.63, 3.8) is 0 Å². The zero-order chi connectivity index (χ0) is 22.0. The first-order valence-electron chi connectivity index (χ1n) is 9.37. The molecule has 6 heteroatoms. The van der Waals surface area contributed by atoms with Crippen molar-refractivity contribution in [2.75, 3.05) is 5.32 Å². The number of aryl methyl sites for hydroxylation is 3. The van der Waals surface area contributed by atoms with Gasteiger partial charge in [0.1, 0.15) is 11.6 Å². The van der Waals surface area contributed by atoms with Crippen molar-refractivity contribution >= 4 is 40.9 Å². The molecule has 3 aromatic rings. The molecule has 0 radical (unpaired) electrons. The Kier molecular flexibility index (Phi) is 6.36. The molecule has 152 valence electrons. The summed E-state index contributed by atoms with van der Waals surface area (Å²) in [4.78, 5) is 12.7. The third kappa shape index (κ3) is 4.14. The average molecular weight is 438 g/mol. The second-order valence-corrected chi connectivity index (χ2v) is 7.91. The van der Waals surface area contributed by atoms with Crippen LogP contribution < -0.4 is 5.32 Å². The van der Waals surface area contributed by atoms with Gasteiger partial charge in [-0.05, 0) is 68.7 Å². The first kappa shape index (κ1) is 21.7. The van der Waals surface area contributed by atoms with Gasteiger partial charge in [0, 0.05) is 11.4 Å². The molecule has 0 unspecified atom stereocenters. The van der Waals surface area contributed by atoms with E-state index >= 15 is 0 Å². The van der Waals surface area contributed by atoms with E-state index in [9.17, 15) is 10.1 Å². The molecule has 0 aliphatic rings. The van der Waals surface area contributed by atoms with Gasteiger partial charge in [-0.2, -0.15) is 5.26 Å². The highest BCUT2D eigenvalue weighted by molar-refractivity contribution is 6.44. The Morgan fingerprint density at radius 2 is 1.70 bits per heavy atom. The van der Waals surface area contributed by atoms with Crippen LogP contribution in [-0.4, -0.2) is 10.5 Å². The summed E-state index contributed by atoms with van der Waals surface area (Å²) in [6, 6.07) is 15.1. The Morgan fingerprint density at radius 3 is 2.33 bits per heavy atom. The summed E-state index contributed by atoms with van der Waals surface area (Å²) in [5.74, 6) is -0.543. The molecule has 0 saturated carbocycles. The summed E-state index contributed by atoms with van der Waals surface area (Å²) < 4.78 is 2.15. The van der Waals surface area contributed by atoms with Crippen molar-refractivity contribution in [1.82, 2.24) is 4.57 Å². The molecule has 0 fully saturated rings. The first-order valence-corrected chi connectivity index (χ1v) is 10.1. The normalized spacial score (nSPS) is 11.3. The molecule has 0 aliphatic carbocycles. The van der Waals surface area contributed by atoms with Crippen molar-refractivity contribution in [1.29, 1.82) is 5.26 Å². The summed E-state index contributed by atoms with van der Waals surface area (Å²) in [6.45, 7) is 8.12. The number of hydrogen-bond acceptors (Lipinski definition) is 2. The molecule has 0 atom stereocenters. The predicted molar refractivity (Wildman–Crippen MR) is 123 cm³/mol. The fourth-order valence-corrected chi connectivity index (χ4v) is 3.88. The molecule has 1 N–H and O–H groups in total. The second-order valence-electron chi connectivity index (χ2n) is 7.13. The molecule has 0 aliphatic heterocycles. The van der Waals surface area contributed by atoms with E-state index in [-0.39, 0.29) is 10.6 Å². The summed E-state index contributed by atoms with van der Waals surface area (Å²) in [5.41, 5.74) is 6.53. The highest BCUT2D eigenvalue weighted by Gasteiger charge is 2.17. The van der Waals surface area contributed by atoms with Crippen LogP contribution in [-0.2, 0) is 4.79 Å². The number of para-hydroxylation sites is 1. The SMILES string of the molecule is Cc1cccc(C)c1-n1c(C)cc(/C=C(/C#N)C(=O)Nc2cccc(Cl)c2Cl)c1C. The number of hydrogen-bond donors (Lipinski definition) is 1. The molecule has 1 heterocycles. The third-order valence-electron chi connectivity index (χ3n) is 5.00. The van der Waals surface area contributed by atoms with E-state index in [1.165, 1.54) is 0 Å². The van der Waals surface area contributed by atoms with Gasteiger partial charge >= 0.3 is 0 Å². The maximum absolute atomic E-state index is 12.7. The quantitative estimate of drug-likeness (QED) is 0.370. The molecule has 1 amide bonds. The fourth-order valence-electron chi connectivity index (χ4n) is 3.53. The molecule has 2 aromatic carbocycles. The Morgan fingerprint density at radius 1 is 1.07 bits per heavy atom. The molecule has 4 nitrogen and oxygen atoms in total. The van der Waals surface area contributed by atoms with Crippen LogP contribution in [0.25, 0.3) is 11.8 Å². The van der Waals surface area contributed by atoms with Crippen molar-refractivity contribution < 1.29 is 4.79 Å². The van der Waals surface area contributed by atoms with Crippen molar-refractivity contribution in [3.05, 3.63) is 86.2 Å². The van der Waals surface area contributed by atoms with Gasteiger partial charge < -0.3 is 9.88 Å². The lowest BCUT2D eigenvalue weighted by molar-refractivity contribution is -0.112. The monoisotopic (exact) mass is 437 g/mol. The molecular weight excluding hydrogens is 417 g/mol. The molecule has 0 saturated heterocycles. The number of nitrogens with one attached hydrogen (secondary N) is 1. The summed E-state index contributed by atoms with van der Waals surface area (Å²) >= 11 is 12.1. The van der Waals surface area contributed by atoms with E-state index in [1.54, 1.807) is 24.3 Å². The lowest BCUT2D eigenvalue weighted by atomic mass is 10.1. The van der Waals surface area contributed by atoms with E-state index < -0.39 is 5.91 Å². The summed E-state index contributed by atoms with van der Waals surface area (Å²) in [5, 5.41) is 12.8. The smallest absolute Gasteiger partial charge is 0.266 e. The van der Waals surface area contributed by atoms with Crippen LogP contribution >= 0.6 is 23.2 Å². The van der Waals surface area contributed by atoms with Gasteiger partial charge in [-0.15, -0.1) is 0 Å². The van der Waals surface area contributed by atoms with Crippen LogP contribution in [0.3, 0.4) is 0 Å². The van der Waals surface area contributed by atoms with Crippen LogP contribution in [0.2, 0.25) is 10.0 Å². The van der Waals surface area contributed by atoms with Crippen LogP contribution in [0.1, 0.15) is 28.1 Å².